The first kappa shape index (κ1) is 17.9. The van der Waals surface area contributed by atoms with Gasteiger partial charge in [0.15, 0.2) is 11.6 Å². The fraction of sp³-hybridized carbons (Fsp3) is 0.692. The minimum absolute atomic E-state index is 0. The van der Waals surface area contributed by atoms with Crippen LogP contribution in [0.3, 0.4) is 0 Å². The number of hydrogen-bond donors (Lipinski definition) is 2. The standard InChI is InChI=1S/C13H21FN4O2.ClH/c14-11-10-15-13(18-4-2-1-3-5-18)16-12(11)17(6-8-19)7-9-20;/h10,19-20H,1-9H2;1H/p-1. The number of piperidine rings is 1. The van der Waals surface area contributed by atoms with Crippen molar-refractivity contribution < 1.29 is 27.0 Å². The van der Waals surface area contributed by atoms with Gasteiger partial charge in [0.1, 0.15) is 0 Å². The summed E-state index contributed by atoms with van der Waals surface area (Å²) >= 11 is 0. The Morgan fingerprint density at radius 1 is 1.14 bits per heavy atom. The summed E-state index contributed by atoms with van der Waals surface area (Å²) in [6.45, 7) is 1.98. The molecule has 0 radical (unpaired) electrons. The van der Waals surface area contributed by atoms with E-state index in [1.807, 2.05) is 4.90 Å². The molecule has 0 bridgehead atoms. The van der Waals surface area contributed by atoms with Crippen molar-refractivity contribution in [2.75, 3.05) is 49.2 Å². The van der Waals surface area contributed by atoms with Crippen LogP contribution in [-0.4, -0.2) is 59.6 Å². The molecule has 1 aromatic rings. The van der Waals surface area contributed by atoms with Crippen molar-refractivity contribution in [2.24, 2.45) is 0 Å². The number of anilines is 2. The molecule has 1 saturated heterocycles. The Labute approximate surface area is 130 Å². The molecule has 1 aliphatic heterocycles. The highest BCUT2D eigenvalue weighted by molar-refractivity contribution is 5.45. The SMILES string of the molecule is OCCN(CCO)c1nc(N2CCCCC2)ncc1F.[Cl-]. The molecule has 1 aromatic heterocycles. The Hall–Kier alpha value is -1.18. The summed E-state index contributed by atoms with van der Waals surface area (Å²) in [5, 5.41) is 18.1. The minimum atomic E-state index is -0.535. The van der Waals surface area contributed by atoms with Gasteiger partial charge in [-0.25, -0.2) is 9.37 Å². The molecule has 0 atom stereocenters. The zero-order valence-corrected chi connectivity index (χ0v) is 12.6. The molecule has 0 aromatic carbocycles. The average molecular weight is 320 g/mol. The van der Waals surface area contributed by atoms with Crippen molar-refractivity contribution >= 4 is 11.8 Å². The van der Waals surface area contributed by atoms with E-state index in [1.165, 1.54) is 11.3 Å². The molecule has 2 heterocycles. The number of aliphatic hydroxyl groups is 2. The van der Waals surface area contributed by atoms with Crippen LogP contribution in [0.25, 0.3) is 0 Å². The molecule has 0 unspecified atom stereocenters. The van der Waals surface area contributed by atoms with Gasteiger partial charge in [-0.15, -0.1) is 0 Å². The van der Waals surface area contributed by atoms with Crippen LogP contribution in [0.1, 0.15) is 19.3 Å². The van der Waals surface area contributed by atoms with Crippen molar-refractivity contribution in [2.45, 2.75) is 19.3 Å². The first-order chi connectivity index (χ1) is 9.76. The maximum absolute atomic E-state index is 13.9. The summed E-state index contributed by atoms with van der Waals surface area (Å²) in [6, 6.07) is 0. The van der Waals surface area contributed by atoms with E-state index in [0.717, 1.165) is 32.1 Å². The largest absolute Gasteiger partial charge is 1.00 e. The average Bonchev–Trinajstić information content (AvgIpc) is 2.48. The second-order valence-electron chi connectivity index (χ2n) is 4.82. The maximum atomic E-state index is 13.9. The first-order valence-corrected chi connectivity index (χ1v) is 7.00. The summed E-state index contributed by atoms with van der Waals surface area (Å²) in [6.07, 6.45) is 4.54. The van der Waals surface area contributed by atoms with Crippen LogP contribution in [-0.2, 0) is 0 Å². The lowest BCUT2D eigenvalue weighted by Crippen LogP contribution is -3.00. The maximum Gasteiger partial charge on any atom is 0.227 e. The molecule has 21 heavy (non-hydrogen) atoms. The Bertz CT molecular complexity index is 427. The quantitative estimate of drug-likeness (QED) is 0.599. The third-order valence-electron chi connectivity index (χ3n) is 3.39. The van der Waals surface area contributed by atoms with Crippen LogP contribution in [0.5, 0.6) is 0 Å². The van der Waals surface area contributed by atoms with Gasteiger partial charge in [-0.1, -0.05) is 0 Å². The minimum Gasteiger partial charge on any atom is -1.00 e. The summed E-state index contributed by atoms with van der Waals surface area (Å²) in [5.74, 6) is 0.123. The van der Waals surface area contributed by atoms with Crippen LogP contribution in [0, 0.1) is 5.82 Å². The second kappa shape index (κ2) is 8.96. The van der Waals surface area contributed by atoms with Crippen molar-refractivity contribution in [3.63, 3.8) is 0 Å². The van der Waals surface area contributed by atoms with E-state index in [9.17, 15) is 4.39 Å². The molecule has 8 heteroatoms. The summed E-state index contributed by atoms with van der Waals surface area (Å²) in [4.78, 5) is 11.9. The van der Waals surface area contributed by atoms with E-state index in [-0.39, 0.29) is 44.5 Å². The van der Waals surface area contributed by atoms with Crippen molar-refractivity contribution in [3.05, 3.63) is 12.0 Å². The summed E-state index contributed by atoms with van der Waals surface area (Å²) in [7, 11) is 0. The van der Waals surface area contributed by atoms with Gasteiger partial charge in [-0.3, -0.25) is 0 Å². The molecule has 6 nitrogen and oxygen atoms in total. The normalized spacial score (nSPS) is 14.7. The second-order valence-corrected chi connectivity index (χ2v) is 4.82. The number of hydrogen-bond acceptors (Lipinski definition) is 6. The fourth-order valence-electron chi connectivity index (χ4n) is 2.38. The van der Waals surface area contributed by atoms with Crippen molar-refractivity contribution in [1.82, 2.24) is 9.97 Å². The number of rotatable bonds is 6. The zero-order chi connectivity index (χ0) is 14.4. The van der Waals surface area contributed by atoms with Gasteiger partial charge in [0.05, 0.1) is 19.4 Å². The Balaban J connectivity index is 0.00000220. The Morgan fingerprint density at radius 3 is 2.33 bits per heavy atom. The molecule has 0 aliphatic carbocycles. The summed E-state index contributed by atoms with van der Waals surface area (Å²) < 4.78 is 13.9. The molecule has 0 spiro atoms. The number of halogens is 2. The molecule has 0 saturated carbocycles. The highest BCUT2D eigenvalue weighted by Crippen LogP contribution is 2.21. The van der Waals surface area contributed by atoms with Crippen molar-refractivity contribution in [1.29, 1.82) is 0 Å². The molecule has 1 fully saturated rings. The third-order valence-corrected chi connectivity index (χ3v) is 3.39. The monoisotopic (exact) mass is 319 g/mol. The van der Waals surface area contributed by atoms with Gasteiger partial charge >= 0.3 is 0 Å². The molecule has 1 aliphatic rings. The topological polar surface area (TPSA) is 72.7 Å². The van der Waals surface area contributed by atoms with Crippen LogP contribution < -0.4 is 22.2 Å². The van der Waals surface area contributed by atoms with Gasteiger partial charge in [0.2, 0.25) is 5.95 Å². The molecular formula is C13H21ClFN4O2-. The third kappa shape index (κ3) is 4.66. The van der Waals surface area contributed by atoms with Gasteiger partial charge in [-0.2, -0.15) is 4.98 Å². The predicted octanol–water partition coefficient (Wildman–Crippen LogP) is -2.60. The lowest BCUT2D eigenvalue weighted by molar-refractivity contribution is -0.00000710. The first-order valence-electron chi connectivity index (χ1n) is 7.00. The van der Waals surface area contributed by atoms with E-state index in [0.29, 0.717) is 5.95 Å². The molecule has 0 amide bonds. The molecule has 2 N–H and O–H groups in total. The summed E-state index contributed by atoms with van der Waals surface area (Å²) in [5.41, 5.74) is 0. The van der Waals surface area contributed by atoms with E-state index in [2.05, 4.69) is 9.97 Å². The van der Waals surface area contributed by atoms with Gasteiger partial charge in [0.25, 0.3) is 0 Å². The van der Waals surface area contributed by atoms with Crippen LogP contribution in [0.2, 0.25) is 0 Å². The number of aliphatic hydroxyl groups excluding tert-OH is 2. The van der Waals surface area contributed by atoms with Gasteiger partial charge in [-0.05, 0) is 19.3 Å². The predicted molar refractivity (Wildman–Crippen MR) is 74.4 cm³/mol. The van der Waals surface area contributed by atoms with E-state index >= 15 is 0 Å². The van der Waals surface area contributed by atoms with E-state index < -0.39 is 5.82 Å². The van der Waals surface area contributed by atoms with Crippen LogP contribution in [0.15, 0.2) is 6.20 Å². The lowest BCUT2D eigenvalue weighted by atomic mass is 10.1. The Kier molecular flexibility index (Phi) is 7.63. The highest BCUT2D eigenvalue weighted by atomic mass is 35.5. The molecular weight excluding hydrogens is 299 g/mol. The zero-order valence-electron chi connectivity index (χ0n) is 11.9. The van der Waals surface area contributed by atoms with Gasteiger partial charge in [0, 0.05) is 26.2 Å². The van der Waals surface area contributed by atoms with E-state index in [1.54, 1.807) is 0 Å². The molecule has 120 valence electrons. The van der Waals surface area contributed by atoms with Gasteiger partial charge < -0.3 is 32.4 Å². The van der Waals surface area contributed by atoms with Crippen LogP contribution in [0.4, 0.5) is 16.2 Å². The smallest absolute Gasteiger partial charge is 0.227 e. The molecule has 2 rings (SSSR count). The van der Waals surface area contributed by atoms with Crippen molar-refractivity contribution in [3.8, 4) is 0 Å². The van der Waals surface area contributed by atoms with Crippen LogP contribution >= 0.6 is 0 Å². The Morgan fingerprint density at radius 2 is 1.76 bits per heavy atom. The highest BCUT2D eigenvalue weighted by Gasteiger charge is 2.18. The fourth-order valence-corrected chi connectivity index (χ4v) is 2.38. The lowest BCUT2D eigenvalue weighted by Gasteiger charge is -2.28. The number of nitrogens with zero attached hydrogens (tertiary/aromatic N) is 4. The number of aromatic nitrogens is 2. The van der Waals surface area contributed by atoms with E-state index in [4.69, 9.17) is 10.2 Å².